The number of ether oxygens (including phenoxy) is 1. The number of hydrogen-bond donors (Lipinski definition) is 0. The normalized spacial score (nSPS) is 42.4. The van der Waals surface area contributed by atoms with E-state index in [0.29, 0.717) is 6.61 Å². The van der Waals surface area contributed by atoms with E-state index in [9.17, 15) is 0 Å². The summed E-state index contributed by atoms with van der Waals surface area (Å²) < 4.78 is 28.5. The zero-order chi connectivity index (χ0) is 11.1. The van der Waals surface area contributed by atoms with Crippen LogP contribution in [0, 0.1) is 0 Å². The second-order valence-electron chi connectivity index (χ2n) is 4.39. The van der Waals surface area contributed by atoms with Crippen LogP contribution in [-0.2, 0) is 23.4 Å². The smallest absolute Gasteiger partial charge is 0.403 e. The van der Waals surface area contributed by atoms with Gasteiger partial charge in [0.15, 0.2) is 6.29 Å². The molecule has 0 unspecified atom stereocenters. The Morgan fingerprint density at radius 3 is 2.38 bits per heavy atom. The second kappa shape index (κ2) is 4.31. The summed E-state index contributed by atoms with van der Waals surface area (Å²) in [6.45, 7) is 4.60. The van der Waals surface area contributed by atoms with E-state index in [4.69, 9.17) is 23.4 Å². The van der Waals surface area contributed by atoms with Crippen molar-refractivity contribution in [1.82, 2.24) is 0 Å². The van der Waals surface area contributed by atoms with Gasteiger partial charge in [0.1, 0.15) is 6.10 Å². The molecule has 0 aromatic carbocycles. The first-order valence-electron chi connectivity index (χ1n) is 6.05. The Hall–Kier alpha value is -0.0701. The molecule has 0 spiro atoms. The van der Waals surface area contributed by atoms with Crippen LogP contribution in [-0.4, -0.2) is 45.4 Å². The van der Waals surface area contributed by atoms with Crippen LogP contribution in [0.1, 0.15) is 13.8 Å². The van der Waals surface area contributed by atoms with Gasteiger partial charge in [0, 0.05) is 0 Å². The van der Waals surface area contributed by atoms with Crippen LogP contribution >= 0.6 is 0 Å². The molecule has 0 aromatic rings. The Morgan fingerprint density at radius 2 is 1.62 bits per heavy atom. The lowest BCUT2D eigenvalue weighted by Gasteiger charge is -2.33. The van der Waals surface area contributed by atoms with Crippen molar-refractivity contribution in [2.24, 2.45) is 0 Å². The van der Waals surface area contributed by atoms with Crippen molar-refractivity contribution in [3.8, 4) is 0 Å². The van der Waals surface area contributed by atoms with E-state index >= 15 is 0 Å². The molecule has 88 valence electrons. The van der Waals surface area contributed by atoms with E-state index < -0.39 is 0 Å². The minimum absolute atomic E-state index is 0.00888. The van der Waals surface area contributed by atoms with Crippen molar-refractivity contribution in [2.75, 3.05) is 6.61 Å². The Morgan fingerprint density at radius 1 is 0.938 bits per heavy atom. The van der Waals surface area contributed by atoms with Gasteiger partial charge in [-0.3, -0.25) is 0 Å². The molecule has 3 heterocycles. The Kier molecular flexibility index (Phi) is 2.97. The fourth-order valence-corrected chi connectivity index (χ4v) is 2.43. The molecule has 0 aromatic heterocycles. The van der Waals surface area contributed by atoms with Gasteiger partial charge in [0.05, 0.1) is 18.8 Å². The standard InChI is InChI=1S/C9H16B2O5/c1-3-10-13-6-5-12-9-8(7(6)14-10)15-11(4-2)16-9/h6-9H,3-5H2,1-2H3/t6-,7-,8-,9-/m1/s1. The predicted octanol–water partition coefficient (Wildman–Crippen LogP) is 0.558. The monoisotopic (exact) mass is 226 g/mol. The summed E-state index contributed by atoms with van der Waals surface area (Å²) in [5.41, 5.74) is 0. The number of hydrogen-bond acceptors (Lipinski definition) is 5. The first kappa shape index (κ1) is 11.0. The van der Waals surface area contributed by atoms with E-state index in [1.54, 1.807) is 0 Å². The fraction of sp³-hybridized carbons (Fsp3) is 1.00. The van der Waals surface area contributed by atoms with Crippen molar-refractivity contribution in [2.45, 2.75) is 51.1 Å². The van der Waals surface area contributed by atoms with Gasteiger partial charge in [-0.05, 0) is 12.6 Å². The van der Waals surface area contributed by atoms with Crippen molar-refractivity contribution in [1.29, 1.82) is 0 Å². The van der Waals surface area contributed by atoms with Crippen LogP contribution in [0.4, 0.5) is 0 Å². The largest absolute Gasteiger partial charge is 0.458 e. The highest BCUT2D eigenvalue weighted by molar-refractivity contribution is 6.45. The number of rotatable bonds is 2. The second-order valence-corrected chi connectivity index (χ2v) is 4.39. The Bertz CT molecular complexity index is 240. The third kappa shape index (κ3) is 1.71. The summed E-state index contributed by atoms with van der Waals surface area (Å²) in [5, 5.41) is 0. The topological polar surface area (TPSA) is 46.2 Å². The van der Waals surface area contributed by atoms with Crippen molar-refractivity contribution in [3.05, 3.63) is 0 Å². The molecule has 3 fully saturated rings. The first-order chi connectivity index (χ1) is 7.81. The molecule has 7 heteroatoms. The van der Waals surface area contributed by atoms with Crippen LogP contribution in [0.5, 0.6) is 0 Å². The minimum Gasteiger partial charge on any atom is -0.403 e. The molecule has 16 heavy (non-hydrogen) atoms. The van der Waals surface area contributed by atoms with Crippen LogP contribution < -0.4 is 0 Å². The average Bonchev–Trinajstić information content (AvgIpc) is 2.90. The molecule has 0 bridgehead atoms. The van der Waals surface area contributed by atoms with Crippen molar-refractivity contribution >= 4 is 14.2 Å². The lowest BCUT2D eigenvalue weighted by molar-refractivity contribution is -0.177. The molecule has 5 nitrogen and oxygen atoms in total. The minimum atomic E-state index is -0.287. The maximum atomic E-state index is 5.81. The molecule has 0 amide bonds. The summed E-state index contributed by atoms with van der Waals surface area (Å²) >= 11 is 0. The van der Waals surface area contributed by atoms with E-state index in [1.165, 1.54) is 0 Å². The van der Waals surface area contributed by atoms with Gasteiger partial charge < -0.3 is 23.4 Å². The summed E-state index contributed by atoms with van der Waals surface area (Å²) in [4.78, 5) is 0. The van der Waals surface area contributed by atoms with Gasteiger partial charge in [-0.2, -0.15) is 0 Å². The average molecular weight is 226 g/mol. The van der Waals surface area contributed by atoms with Gasteiger partial charge in [-0.25, -0.2) is 0 Å². The zero-order valence-electron chi connectivity index (χ0n) is 9.63. The van der Waals surface area contributed by atoms with E-state index in [1.807, 2.05) is 13.8 Å². The quantitative estimate of drug-likeness (QED) is 0.643. The summed E-state index contributed by atoms with van der Waals surface area (Å²) in [6, 6.07) is 0. The van der Waals surface area contributed by atoms with E-state index in [0.717, 1.165) is 12.6 Å². The molecule has 3 saturated heterocycles. The van der Waals surface area contributed by atoms with E-state index in [2.05, 4.69) is 0 Å². The highest BCUT2D eigenvalue weighted by atomic mass is 16.8. The first-order valence-corrected chi connectivity index (χ1v) is 6.05. The maximum absolute atomic E-state index is 5.81. The highest BCUT2D eigenvalue weighted by Crippen LogP contribution is 2.34. The van der Waals surface area contributed by atoms with Crippen molar-refractivity contribution < 1.29 is 23.4 Å². The lowest BCUT2D eigenvalue weighted by atomic mass is 9.86. The molecule has 0 N–H and O–H groups in total. The third-order valence-electron chi connectivity index (χ3n) is 3.28. The molecule has 0 radical (unpaired) electrons. The van der Waals surface area contributed by atoms with Gasteiger partial charge in [-0.1, -0.05) is 13.8 Å². The van der Waals surface area contributed by atoms with Gasteiger partial charge in [0.25, 0.3) is 0 Å². The predicted molar refractivity (Wildman–Crippen MR) is 57.9 cm³/mol. The highest BCUT2D eigenvalue weighted by Gasteiger charge is 2.54. The number of fused-ring (bicyclic) bond motifs is 3. The summed E-state index contributed by atoms with van der Waals surface area (Å²) in [5.74, 6) is 0. The lowest BCUT2D eigenvalue weighted by Crippen LogP contribution is -2.49. The summed E-state index contributed by atoms with van der Waals surface area (Å²) in [7, 11) is -0.292. The van der Waals surface area contributed by atoms with Gasteiger partial charge >= 0.3 is 14.2 Å². The molecule has 3 aliphatic rings. The van der Waals surface area contributed by atoms with Gasteiger partial charge in [0.2, 0.25) is 0 Å². The fourth-order valence-electron chi connectivity index (χ4n) is 2.43. The molecule has 0 saturated carbocycles. The molecule has 3 aliphatic heterocycles. The van der Waals surface area contributed by atoms with Crippen LogP contribution in [0.25, 0.3) is 0 Å². The molecular formula is C9H16B2O5. The van der Waals surface area contributed by atoms with Crippen molar-refractivity contribution in [3.63, 3.8) is 0 Å². The van der Waals surface area contributed by atoms with Gasteiger partial charge in [-0.15, -0.1) is 0 Å². The van der Waals surface area contributed by atoms with Crippen LogP contribution in [0.2, 0.25) is 12.6 Å². The van der Waals surface area contributed by atoms with Crippen LogP contribution in [0.3, 0.4) is 0 Å². The summed E-state index contributed by atoms with van der Waals surface area (Å²) in [6.07, 6.45) is 1.20. The third-order valence-corrected chi connectivity index (χ3v) is 3.28. The Balaban J connectivity index is 1.71. The van der Waals surface area contributed by atoms with E-state index in [-0.39, 0.29) is 38.8 Å². The van der Waals surface area contributed by atoms with Crippen LogP contribution in [0.15, 0.2) is 0 Å². The maximum Gasteiger partial charge on any atom is 0.458 e. The molecule has 3 rings (SSSR count). The molecule has 4 atom stereocenters. The molecular weight excluding hydrogens is 210 g/mol. The SMILES string of the molecule is CCB1O[C@H]2OC[C@H]3OB(CC)O[C@H]3[C@H]2O1. The molecule has 0 aliphatic carbocycles. The zero-order valence-corrected chi connectivity index (χ0v) is 9.63. The Labute approximate surface area is 96.0 Å².